The number of fused-ring (bicyclic) bond motifs is 4. The van der Waals surface area contributed by atoms with Gasteiger partial charge in [-0.05, 0) is 25.2 Å². The summed E-state index contributed by atoms with van der Waals surface area (Å²) >= 11 is 5.44. The van der Waals surface area contributed by atoms with Gasteiger partial charge in [0, 0.05) is 30.2 Å². The highest BCUT2D eigenvalue weighted by molar-refractivity contribution is 7.80. The van der Waals surface area contributed by atoms with Gasteiger partial charge in [0.1, 0.15) is 5.75 Å². The number of hydrogen-bond acceptors (Lipinski definition) is 4. The Morgan fingerprint density at radius 3 is 3.00 bits per heavy atom. The van der Waals surface area contributed by atoms with Crippen LogP contribution in [0.4, 0.5) is 5.69 Å². The summed E-state index contributed by atoms with van der Waals surface area (Å²) in [7, 11) is 0. The molecular weight excluding hydrogens is 302 g/mol. The number of hydrogen-bond donors (Lipinski definition) is 1. The smallest absolute Gasteiger partial charge is 0.270 e. The van der Waals surface area contributed by atoms with Crippen LogP contribution in [-0.4, -0.2) is 27.2 Å². The van der Waals surface area contributed by atoms with Crippen LogP contribution < -0.4 is 10.1 Å². The first-order valence-electron chi connectivity index (χ1n) is 7.05. The van der Waals surface area contributed by atoms with Gasteiger partial charge in [0.25, 0.3) is 5.69 Å². The van der Waals surface area contributed by atoms with Crippen LogP contribution in [-0.2, 0) is 0 Å². The van der Waals surface area contributed by atoms with E-state index in [0.717, 1.165) is 5.56 Å². The molecule has 2 bridgehead atoms. The van der Waals surface area contributed by atoms with E-state index in [2.05, 4.69) is 18.8 Å². The molecule has 0 aliphatic carbocycles. The molecule has 0 radical (unpaired) electrons. The molecule has 0 spiro atoms. The summed E-state index contributed by atoms with van der Waals surface area (Å²) in [6, 6.07) is 4.58. The maximum absolute atomic E-state index is 11.0. The van der Waals surface area contributed by atoms with Crippen molar-refractivity contribution in [2.75, 3.05) is 6.54 Å². The average Bonchev–Trinajstić information content (AvgIpc) is 2.47. The van der Waals surface area contributed by atoms with Crippen molar-refractivity contribution < 1.29 is 9.66 Å². The van der Waals surface area contributed by atoms with E-state index in [1.54, 1.807) is 18.2 Å². The maximum Gasteiger partial charge on any atom is 0.270 e. The van der Waals surface area contributed by atoms with Crippen LogP contribution in [0.1, 0.15) is 25.5 Å². The highest BCUT2D eigenvalue weighted by Gasteiger charge is 2.53. The SMILES string of the molecule is C=CCN1C(=S)N[C@@H]2c3cc([N+](=O)[O-])ccc3O[C@@]1(C)[C@H]2C. The first-order chi connectivity index (χ1) is 10.4. The summed E-state index contributed by atoms with van der Waals surface area (Å²) in [5.74, 6) is 0.717. The number of nitrogens with one attached hydrogen (secondary N) is 1. The molecule has 0 unspecified atom stereocenters. The van der Waals surface area contributed by atoms with Crippen LogP contribution in [0.3, 0.4) is 0 Å². The first kappa shape index (κ1) is 14.8. The molecule has 0 saturated carbocycles. The third-order valence-electron chi connectivity index (χ3n) is 4.57. The number of thiocarbonyl (C=S) groups is 1. The lowest BCUT2D eigenvalue weighted by atomic mass is 9.81. The lowest BCUT2D eigenvalue weighted by Gasteiger charge is -2.55. The molecule has 2 heterocycles. The van der Waals surface area contributed by atoms with Gasteiger partial charge in [-0.15, -0.1) is 6.58 Å². The molecule has 2 aliphatic heterocycles. The highest BCUT2D eigenvalue weighted by Crippen LogP contribution is 2.48. The quantitative estimate of drug-likeness (QED) is 0.400. The monoisotopic (exact) mass is 319 g/mol. The summed E-state index contributed by atoms with van der Waals surface area (Å²) in [6.45, 7) is 8.38. The summed E-state index contributed by atoms with van der Waals surface area (Å²) in [4.78, 5) is 12.6. The van der Waals surface area contributed by atoms with Crippen molar-refractivity contribution in [1.29, 1.82) is 0 Å². The van der Waals surface area contributed by atoms with Crippen LogP contribution in [0, 0.1) is 16.0 Å². The molecule has 0 aromatic heterocycles. The molecule has 1 fully saturated rings. The number of nitro groups is 1. The van der Waals surface area contributed by atoms with Gasteiger partial charge in [-0.1, -0.05) is 13.0 Å². The molecule has 0 amide bonds. The zero-order valence-corrected chi connectivity index (χ0v) is 13.2. The van der Waals surface area contributed by atoms with E-state index in [9.17, 15) is 10.1 Å². The molecule has 3 atom stereocenters. The van der Waals surface area contributed by atoms with Gasteiger partial charge < -0.3 is 15.0 Å². The van der Waals surface area contributed by atoms with E-state index in [1.807, 2.05) is 11.8 Å². The summed E-state index contributed by atoms with van der Waals surface area (Å²) in [5, 5.41) is 14.9. The van der Waals surface area contributed by atoms with Crippen molar-refractivity contribution in [3.8, 4) is 5.75 Å². The van der Waals surface area contributed by atoms with Gasteiger partial charge in [-0.3, -0.25) is 10.1 Å². The first-order valence-corrected chi connectivity index (χ1v) is 7.45. The Labute approximate surface area is 133 Å². The molecule has 1 saturated heterocycles. The second-order valence-electron chi connectivity index (χ2n) is 5.75. The van der Waals surface area contributed by atoms with Gasteiger partial charge in [0.15, 0.2) is 10.8 Å². The van der Waals surface area contributed by atoms with Crippen LogP contribution in [0.25, 0.3) is 0 Å². The standard InChI is InChI=1S/C15H17N3O3S/c1-4-7-17-14(22)16-13-9(2)15(17,3)21-12-6-5-10(18(19)20)8-11(12)13/h4-6,8-9,13H,1,7H2,2-3H3,(H,16,22)/t9-,13-,15-/m0/s1. The Hall–Kier alpha value is -2.15. The minimum absolute atomic E-state index is 0.0550. The molecule has 22 heavy (non-hydrogen) atoms. The van der Waals surface area contributed by atoms with Crippen molar-refractivity contribution in [2.45, 2.75) is 25.6 Å². The predicted octanol–water partition coefficient (Wildman–Crippen LogP) is 2.76. The molecular formula is C15H17N3O3S. The van der Waals surface area contributed by atoms with Gasteiger partial charge >= 0.3 is 0 Å². The molecule has 6 nitrogen and oxygen atoms in total. The van der Waals surface area contributed by atoms with Gasteiger partial charge in [-0.2, -0.15) is 0 Å². The minimum Gasteiger partial charge on any atom is -0.467 e. The molecule has 7 heteroatoms. The molecule has 1 aromatic rings. The lowest BCUT2D eigenvalue weighted by Crippen LogP contribution is -2.68. The minimum atomic E-state index is -0.607. The molecule has 3 rings (SSSR count). The second-order valence-corrected chi connectivity index (χ2v) is 6.14. The van der Waals surface area contributed by atoms with Crippen LogP contribution in [0.2, 0.25) is 0 Å². The maximum atomic E-state index is 11.0. The Balaban J connectivity index is 2.11. The number of nitro benzene ring substituents is 1. The number of rotatable bonds is 3. The molecule has 116 valence electrons. The van der Waals surface area contributed by atoms with E-state index in [0.29, 0.717) is 17.4 Å². The summed E-state index contributed by atoms with van der Waals surface area (Å²) in [6.07, 6.45) is 1.78. The Bertz CT molecular complexity index is 678. The average molecular weight is 319 g/mol. The Morgan fingerprint density at radius 1 is 1.64 bits per heavy atom. The number of non-ortho nitro benzene ring substituents is 1. The van der Waals surface area contributed by atoms with Crippen molar-refractivity contribution in [2.24, 2.45) is 5.92 Å². The number of ether oxygens (including phenoxy) is 1. The molecule has 2 aliphatic rings. The van der Waals surface area contributed by atoms with Crippen molar-refractivity contribution in [3.63, 3.8) is 0 Å². The van der Waals surface area contributed by atoms with Crippen LogP contribution >= 0.6 is 12.2 Å². The van der Waals surface area contributed by atoms with E-state index in [-0.39, 0.29) is 17.6 Å². The van der Waals surface area contributed by atoms with Crippen molar-refractivity contribution >= 4 is 23.0 Å². The summed E-state index contributed by atoms with van der Waals surface area (Å²) < 4.78 is 6.20. The fourth-order valence-corrected chi connectivity index (χ4v) is 3.57. The zero-order chi connectivity index (χ0) is 16.1. The Kier molecular flexibility index (Phi) is 3.32. The fourth-order valence-electron chi connectivity index (χ4n) is 3.19. The van der Waals surface area contributed by atoms with Crippen molar-refractivity contribution in [3.05, 3.63) is 46.5 Å². The van der Waals surface area contributed by atoms with Gasteiger partial charge in [0.05, 0.1) is 11.0 Å². The second kappa shape index (κ2) is 4.95. The zero-order valence-electron chi connectivity index (χ0n) is 12.4. The predicted molar refractivity (Wildman–Crippen MR) is 86.7 cm³/mol. The van der Waals surface area contributed by atoms with Crippen LogP contribution in [0.15, 0.2) is 30.9 Å². The van der Waals surface area contributed by atoms with E-state index < -0.39 is 10.6 Å². The lowest BCUT2D eigenvalue weighted by molar-refractivity contribution is -0.385. The third-order valence-corrected chi connectivity index (χ3v) is 4.91. The topological polar surface area (TPSA) is 67.6 Å². The third kappa shape index (κ3) is 1.96. The van der Waals surface area contributed by atoms with Gasteiger partial charge in [-0.25, -0.2) is 0 Å². The largest absolute Gasteiger partial charge is 0.467 e. The normalized spacial score (nSPS) is 29.2. The highest BCUT2D eigenvalue weighted by atomic mass is 32.1. The van der Waals surface area contributed by atoms with E-state index in [4.69, 9.17) is 17.0 Å². The molecule has 1 aromatic carbocycles. The van der Waals surface area contributed by atoms with Crippen LogP contribution in [0.5, 0.6) is 5.75 Å². The van der Waals surface area contributed by atoms with Gasteiger partial charge in [0.2, 0.25) is 0 Å². The number of benzene rings is 1. The fraction of sp³-hybridized carbons (Fsp3) is 0.400. The van der Waals surface area contributed by atoms with E-state index >= 15 is 0 Å². The Morgan fingerprint density at radius 2 is 2.36 bits per heavy atom. The van der Waals surface area contributed by atoms with Crippen molar-refractivity contribution in [1.82, 2.24) is 10.2 Å². The number of nitrogens with zero attached hydrogens (tertiary/aromatic N) is 2. The summed E-state index contributed by atoms with van der Waals surface area (Å²) in [5.41, 5.74) is 0.226. The van der Waals surface area contributed by atoms with E-state index in [1.165, 1.54) is 6.07 Å². The molecule has 1 N–H and O–H groups in total.